The van der Waals surface area contributed by atoms with Crippen LogP contribution < -0.4 is 10.2 Å². The van der Waals surface area contributed by atoms with Crippen molar-refractivity contribution in [3.8, 4) is 0 Å². The Morgan fingerprint density at radius 3 is 3.12 bits per heavy atom. The molecule has 1 unspecified atom stereocenters. The molecule has 1 aliphatic heterocycles. The Morgan fingerprint density at radius 2 is 2.28 bits per heavy atom. The van der Waals surface area contributed by atoms with Crippen molar-refractivity contribution >= 4 is 17.4 Å². The van der Waals surface area contributed by atoms with E-state index in [0.29, 0.717) is 18.7 Å². The van der Waals surface area contributed by atoms with Crippen LogP contribution in [0.15, 0.2) is 30.5 Å². The Morgan fingerprint density at radius 1 is 1.36 bits per heavy atom. The number of anilines is 1. The lowest BCUT2D eigenvalue weighted by atomic mass is 9.97. The van der Waals surface area contributed by atoms with Crippen molar-refractivity contribution in [1.29, 1.82) is 0 Å². The van der Waals surface area contributed by atoms with E-state index in [1.807, 2.05) is 42.1 Å². The SMILES string of the molecule is Cn1cccc1CNC(=O)C1CCCN(c2ccc3nnnn3n2)C1. The Kier molecular flexibility index (Phi) is 4.04. The van der Waals surface area contributed by atoms with E-state index in [1.54, 1.807) is 0 Å². The molecule has 1 aliphatic rings. The van der Waals surface area contributed by atoms with Crippen LogP contribution in [0, 0.1) is 5.92 Å². The summed E-state index contributed by atoms with van der Waals surface area (Å²) in [7, 11) is 1.98. The molecule has 1 fully saturated rings. The monoisotopic (exact) mass is 340 g/mol. The van der Waals surface area contributed by atoms with E-state index in [1.165, 1.54) is 4.63 Å². The smallest absolute Gasteiger partial charge is 0.225 e. The number of piperidine rings is 1. The maximum absolute atomic E-state index is 12.5. The molecule has 1 saturated heterocycles. The lowest BCUT2D eigenvalue weighted by molar-refractivity contribution is -0.125. The van der Waals surface area contributed by atoms with Gasteiger partial charge in [-0.05, 0) is 47.5 Å². The van der Waals surface area contributed by atoms with Gasteiger partial charge in [-0.3, -0.25) is 4.79 Å². The minimum absolute atomic E-state index is 0.0413. The van der Waals surface area contributed by atoms with Crippen LogP contribution in [-0.2, 0) is 18.4 Å². The highest BCUT2D eigenvalue weighted by atomic mass is 16.1. The van der Waals surface area contributed by atoms with Crippen LogP contribution in [0.3, 0.4) is 0 Å². The molecule has 4 heterocycles. The molecule has 3 aromatic rings. The lowest BCUT2D eigenvalue weighted by Crippen LogP contribution is -2.43. The average molecular weight is 340 g/mol. The molecule has 0 aliphatic carbocycles. The molecular weight excluding hydrogens is 320 g/mol. The van der Waals surface area contributed by atoms with Gasteiger partial charge in [0.25, 0.3) is 0 Å². The third-order valence-electron chi connectivity index (χ3n) is 4.67. The Hall–Kier alpha value is -2.97. The molecule has 0 saturated carbocycles. The normalized spacial score (nSPS) is 17.8. The first-order valence-corrected chi connectivity index (χ1v) is 8.39. The summed E-state index contributed by atoms with van der Waals surface area (Å²) in [5.74, 6) is 0.842. The molecule has 0 spiro atoms. The summed E-state index contributed by atoms with van der Waals surface area (Å²) < 4.78 is 3.42. The first kappa shape index (κ1) is 15.6. The van der Waals surface area contributed by atoms with Crippen molar-refractivity contribution in [2.75, 3.05) is 18.0 Å². The molecule has 1 amide bonds. The van der Waals surface area contributed by atoms with E-state index >= 15 is 0 Å². The van der Waals surface area contributed by atoms with Gasteiger partial charge in [0.1, 0.15) is 0 Å². The van der Waals surface area contributed by atoms with Crippen LogP contribution in [0.1, 0.15) is 18.5 Å². The molecule has 4 rings (SSSR count). The van der Waals surface area contributed by atoms with E-state index in [2.05, 4.69) is 30.8 Å². The van der Waals surface area contributed by atoms with E-state index in [9.17, 15) is 4.79 Å². The van der Waals surface area contributed by atoms with Crippen molar-refractivity contribution in [1.82, 2.24) is 35.1 Å². The van der Waals surface area contributed by atoms with Crippen molar-refractivity contribution in [3.63, 3.8) is 0 Å². The summed E-state index contributed by atoms with van der Waals surface area (Å²) in [6, 6.07) is 7.72. The maximum atomic E-state index is 12.5. The van der Waals surface area contributed by atoms with Gasteiger partial charge in [-0.15, -0.1) is 14.8 Å². The predicted octanol–water partition coefficient (Wildman–Crippen LogP) is 0.391. The third kappa shape index (κ3) is 3.17. The van der Waals surface area contributed by atoms with Gasteiger partial charge in [-0.25, -0.2) is 0 Å². The van der Waals surface area contributed by atoms with Crippen LogP contribution in [0.4, 0.5) is 5.82 Å². The number of aromatic nitrogens is 6. The number of carbonyl (C=O) groups is 1. The van der Waals surface area contributed by atoms with E-state index in [4.69, 9.17) is 0 Å². The predicted molar refractivity (Wildman–Crippen MR) is 90.8 cm³/mol. The number of hydrogen-bond donors (Lipinski definition) is 1. The van der Waals surface area contributed by atoms with Crippen molar-refractivity contribution in [2.24, 2.45) is 13.0 Å². The van der Waals surface area contributed by atoms with Crippen LogP contribution in [0.5, 0.6) is 0 Å². The fourth-order valence-corrected chi connectivity index (χ4v) is 3.21. The second-order valence-corrected chi connectivity index (χ2v) is 6.33. The van der Waals surface area contributed by atoms with Gasteiger partial charge in [-0.2, -0.15) is 0 Å². The molecule has 9 heteroatoms. The lowest BCUT2D eigenvalue weighted by Gasteiger charge is -2.32. The fraction of sp³-hybridized carbons (Fsp3) is 0.438. The quantitative estimate of drug-likeness (QED) is 0.738. The van der Waals surface area contributed by atoms with Gasteiger partial charge < -0.3 is 14.8 Å². The number of nitrogens with one attached hydrogen (secondary N) is 1. The van der Waals surface area contributed by atoms with Crippen molar-refractivity contribution in [2.45, 2.75) is 19.4 Å². The van der Waals surface area contributed by atoms with Crippen LogP contribution in [0.25, 0.3) is 5.65 Å². The Bertz CT molecular complexity index is 885. The zero-order valence-corrected chi connectivity index (χ0v) is 14.0. The zero-order valence-electron chi connectivity index (χ0n) is 14.0. The van der Waals surface area contributed by atoms with Crippen LogP contribution in [-0.4, -0.2) is 48.8 Å². The number of aryl methyl sites for hydroxylation is 1. The molecule has 9 nitrogen and oxygen atoms in total. The van der Waals surface area contributed by atoms with Gasteiger partial charge in [0.15, 0.2) is 11.5 Å². The van der Waals surface area contributed by atoms with E-state index in [0.717, 1.165) is 30.9 Å². The second kappa shape index (κ2) is 6.50. The van der Waals surface area contributed by atoms with E-state index in [-0.39, 0.29) is 11.8 Å². The van der Waals surface area contributed by atoms with Crippen molar-refractivity contribution in [3.05, 3.63) is 36.2 Å². The van der Waals surface area contributed by atoms with Gasteiger partial charge >= 0.3 is 0 Å². The van der Waals surface area contributed by atoms with Gasteiger partial charge in [0.05, 0.1) is 12.5 Å². The standard InChI is InChI=1S/C16H20N8O/c1-22-8-3-5-13(22)10-17-16(25)12-4-2-9-23(11-12)15-7-6-14-18-20-21-24(14)19-15/h3,5-8,12H,2,4,9-11H2,1H3,(H,17,25). The number of amides is 1. The van der Waals surface area contributed by atoms with E-state index < -0.39 is 0 Å². The van der Waals surface area contributed by atoms with Gasteiger partial charge in [-0.1, -0.05) is 0 Å². The molecule has 1 atom stereocenters. The molecular formula is C16H20N8O. The topological polar surface area (TPSA) is 93.2 Å². The first-order chi connectivity index (χ1) is 12.2. The van der Waals surface area contributed by atoms with Crippen LogP contribution >= 0.6 is 0 Å². The number of fused-ring (bicyclic) bond motifs is 1. The third-order valence-corrected chi connectivity index (χ3v) is 4.67. The molecule has 0 radical (unpaired) electrons. The number of hydrogen-bond acceptors (Lipinski definition) is 6. The number of carbonyl (C=O) groups excluding carboxylic acids is 1. The molecule has 25 heavy (non-hydrogen) atoms. The minimum atomic E-state index is -0.0413. The number of tetrazole rings is 1. The minimum Gasteiger partial charge on any atom is -0.354 e. The molecule has 1 N–H and O–H groups in total. The highest BCUT2D eigenvalue weighted by molar-refractivity contribution is 5.79. The summed E-state index contributed by atoms with van der Waals surface area (Å²) in [5, 5.41) is 18.8. The second-order valence-electron chi connectivity index (χ2n) is 6.33. The van der Waals surface area contributed by atoms with Gasteiger partial charge in [0, 0.05) is 32.0 Å². The summed E-state index contributed by atoms with van der Waals surface area (Å²) in [6.07, 6.45) is 3.82. The van der Waals surface area contributed by atoms with Gasteiger partial charge in [0.2, 0.25) is 5.91 Å². The van der Waals surface area contributed by atoms with Crippen molar-refractivity contribution < 1.29 is 4.79 Å². The van der Waals surface area contributed by atoms with Crippen LogP contribution in [0.2, 0.25) is 0 Å². The first-order valence-electron chi connectivity index (χ1n) is 8.39. The molecule has 130 valence electrons. The molecule has 3 aromatic heterocycles. The summed E-state index contributed by atoms with van der Waals surface area (Å²) in [5.41, 5.74) is 1.70. The summed E-state index contributed by atoms with van der Waals surface area (Å²) in [6.45, 7) is 2.08. The molecule has 0 bridgehead atoms. The maximum Gasteiger partial charge on any atom is 0.225 e. The summed E-state index contributed by atoms with van der Waals surface area (Å²) >= 11 is 0. The average Bonchev–Trinajstić information content (AvgIpc) is 3.27. The molecule has 0 aromatic carbocycles. The highest BCUT2D eigenvalue weighted by Gasteiger charge is 2.26. The number of nitrogens with zero attached hydrogens (tertiary/aromatic N) is 7. The summed E-state index contributed by atoms with van der Waals surface area (Å²) in [4.78, 5) is 14.7. The fourth-order valence-electron chi connectivity index (χ4n) is 3.21. The Balaban J connectivity index is 1.41. The zero-order chi connectivity index (χ0) is 17.2. The Labute approximate surface area is 144 Å². The number of rotatable bonds is 4. The largest absolute Gasteiger partial charge is 0.354 e. The highest BCUT2D eigenvalue weighted by Crippen LogP contribution is 2.21.